The number of hydrogen-bond donors (Lipinski definition) is 2. The summed E-state index contributed by atoms with van der Waals surface area (Å²) in [5.74, 6) is 0.309. The van der Waals surface area contributed by atoms with Crippen molar-refractivity contribution in [2.24, 2.45) is 7.05 Å². The van der Waals surface area contributed by atoms with E-state index >= 15 is 0 Å². The van der Waals surface area contributed by atoms with Gasteiger partial charge in [-0.2, -0.15) is 0 Å². The number of esters is 1. The van der Waals surface area contributed by atoms with E-state index in [4.69, 9.17) is 4.74 Å². The Kier molecular flexibility index (Phi) is 5.01. The van der Waals surface area contributed by atoms with E-state index in [1.54, 1.807) is 12.1 Å². The molecule has 1 aromatic heterocycles. The number of para-hydroxylation sites is 1. The van der Waals surface area contributed by atoms with Gasteiger partial charge in [-0.15, -0.1) is 11.8 Å². The van der Waals surface area contributed by atoms with Crippen LogP contribution in [-0.2, 0) is 24.1 Å². The van der Waals surface area contributed by atoms with E-state index < -0.39 is 5.97 Å². The van der Waals surface area contributed by atoms with Crippen LogP contribution in [0.2, 0.25) is 0 Å². The molecule has 3 aromatic rings. The second-order valence-electron chi connectivity index (χ2n) is 5.64. The minimum absolute atomic E-state index is 0.0899. The molecule has 3 rings (SSSR count). The highest BCUT2D eigenvalue weighted by Crippen LogP contribution is 2.34. The Hall–Kier alpha value is -2.44. The number of nitrogens with zero attached hydrogens (tertiary/aromatic N) is 1. The molecule has 0 aliphatic carbocycles. The van der Waals surface area contributed by atoms with Crippen LogP contribution in [0.5, 0.6) is 5.75 Å². The second-order valence-corrected chi connectivity index (χ2v) is 6.66. The molecule has 0 amide bonds. The van der Waals surface area contributed by atoms with E-state index in [-0.39, 0.29) is 12.4 Å². The molecule has 0 atom stereocenters. The Morgan fingerprint density at radius 3 is 2.68 bits per heavy atom. The minimum Gasteiger partial charge on any atom is -0.507 e. The number of phenols is 1. The average Bonchev–Trinajstić information content (AvgIpc) is 2.91. The zero-order valence-corrected chi connectivity index (χ0v) is 14.8. The van der Waals surface area contributed by atoms with Crippen molar-refractivity contribution in [2.75, 3.05) is 7.11 Å². The van der Waals surface area contributed by atoms with Gasteiger partial charge in [0.05, 0.1) is 19.3 Å². The maximum Gasteiger partial charge on any atom is 0.340 e. The van der Waals surface area contributed by atoms with Crippen molar-refractivity contribution in [1.29, 1.82) is 0 Å². The van der Waals surface area contributed by atoms with Crippen molar-refractivity contribution in [2.45, 2.75) is 17.3 Å². The van der Waals surface area contributed by atoms with Crippen LogP contribution >= 0.6 is 11.8 Å². The number of aryl methyl sites for hydroxylation is 1. The smallest absolute Gasteiger partial charge is 0.340 e. The number of aliphatic hydroxyl groups is 1. The Balaban J connectivity index is 2.08. The quantitative estimate of drug-likeness (QED) is 0.540. The number of carbonyl (C=O) groups is 1. The van der Waals surface area contributed by atoms with E-state index in [1.807, 2.05) is 41.9 Å². The van der Waals surface area contributed by atoms with Crippen LogP contribution < -0.4 is 0 Å². The first-order valence-corrected chi connectivity index (χ1v) is 8.75. The number of methoxy groups -OCH3 is 1. The van der Waals surface area contributed by atoms with Gasteiger partial charge in [-0.3, -0.25) is 0 Å². The van der Waals surface area contributed by atoms with Crippen LogP contribution in [0.15, 0.2) is 47.4 Å². The van der Waals surface area contributed by atoms with Crippen molar-refractivity contribution in [3.05, 3.63) is 59.3 Å². The van der Waals surface area contributed by atoms with Crippen molar-refractivity contribution in [3.8, 4) is 5.75 Å². The third kappa shape index (κ3) is 3.23. The standard InChI is InChI=1S/C19H19NO4S/c1-20-14-8-7-12(10-21)9-13(14)18(19(23)24-2)15(20)11-25-17-6-4-3-5-16(17)22/h3-9,21-22H,10-11H2,1-2H3. The van der Waals surface area contributed by atoms with Gasteiger partial charge < -0.3 is 19.5 Å². The lowest BCUT2D eigenvalue weighted by molar-refractivity contribution is 0.0601. The monoisotopic (exact) mass is 357 g/mol. The highest BCUT2D eigenvalue weighted by molar-refractivity contribution is 7.98. The fraction of sp³-hybridized carbons (Fsp3) is 0.211. The number of ether oxygens (including phenoxy) is 1. The number of aromatic hydroxyl groups is 1. The summed E-state index contributed by atoms with van der Waals surface area (Å²) in [6.07, 6.45) is 0. The molecule has 1 heterocycles. The summed E-state index contributed by atoms with van der Waals surface area (Å²) in [5, 5.41) is 20.1. The fourth-order valence-corrected chi connectivity index (χ4v) is 3.89. The summed E-state index contributed by atoms with van der Waals surface area (Å²) in [6, 6.07) is 12.6. The molecule has 0 radical (unpaired) electrons. The highest BCUT2D eigenvalue weighted by Gasteiger charge is 2.22. The number of carbonyl (C=O) groups excluding carboxylic acids is 1. The minimum atomic E-state index is -0.409. The van der Waals surface area contributed by atoms with Gasteiger partial charge >= 0.3 is 5.97 Å². The van der Waals surface area contributed by atoms with Crippen molar-refractivity contribution < 1.29 is 19.7 Å². The van der Waals surface area contributed by atoms with Crippen LogP contribution in [0, 0.1) is 0 Å². The molecule has 0 saturated heterocycles. The first-order valence-electron chi connectivity index (χ1n) is 7.77. The Bertz CT molecular complexity index is 933. The molecule has 0 aliphatic rings. The summed E-state index contributed by atoms with van der Waals surface area (Å²) in [7, 11) is 3.26. The summed E-state index contributed by atoms with van der Waals surface area (Å²) in [6.45, 7) is -0.0899. The third-order valence-electron chi connectivity index (χ3n) is 4.19. The molecule has 0 fully saturated rings. The lowest BCUT2D eigenvalue weighted by Gasteiger charge is -2.08. The lowest BCUT2D eigenvalue weighted by Crippen LogP contribution is -2.06. The Morgan fingerprint density at radius 2 is 2.00 bits per heavy atom. The molecule has 0 unspecified atom stereocenters. The number of hydrogen-bond acceptors (Lipinski definition) is 5. The zero-order valence-electron chi connectivity index (χ0n) is 14.0. The summed E-state index contributed by atoms with van der Waals surface area (Å²) >= 11 is 1.45. The van der Waals surface area contributed by atoms with E-state index in [0.717, 1.165) is 27.1 Å². The van der Waals surface area contributed by atoms with E-state index in [9.17, 15) is 15.0 Å². The normalized spacial score (nSPS) is 11.0. The van der Waals surface area contributed by atoms with E-state index in [0.29, 0.717) is 11.3 Å². The number of thioether (sulfide) groups is 1. The zero-order chi connectivity index (χ0) is 18.0. The molecular formula is C19H19NO4S. The van der Waals surface area contributed by atoms with E-state index in [2.05, 4.69) is 0 Å². The molecule has 0 bridgehead atoms. The van der Waals surface area contributed by atoms with Gasteiger partial charge in [0, 0.05) is 34.3 Å². The van der Waals surface area contributed by atoms with Crippen LogP contribution in [0.25, 0.3) is 10.9 Å². The third-order valence-corrected chi connectivity index (χ3v) is 5.26. The highest BCUT2D eigenvalue weighted by atomic mass is 32.2. The second kappa shape index (κ2) is 7.21. The largest absolute Gasteiger partial charge is 0.507 e. The van der Waals surface area contributed by atoms with Crippen molar-refractivity contribution in [1.82, 2.24) is 4.57 Å². The molecule has 6 heteroatoms. The van der Waals surface area contributed by atoms with E-state index in [1.165, 1.54) is 18.9 Å². The molecule has 0 spiro atoms. The maximum atomic E-state index is 12.4. The maximum absolute atomic E-state index is 12.4. The van der Waals surface area contributed by atoms with Gasteiger partial charge in [0.15, 0.2) is 0 Å². The average molecular weight is 357 g/mol. The molecule has 5 nitrogen and oxygen atoms in total. The van der Waals surface area contributed by atoms with Gasteiger partial charge in [0.25, 0.3) is 0 Å². The number of rotatable bonds is 5. The van der Waals surface area contributed by atoms with Crippen molar-refractivity contribution >= 4 is 28.6 Å². The summed E-state index contributed by atoms with van der Waals surface area (Å²) in [4.78, 5) is 13.1. The molecule has 25 heavy (non-hydrogen) atoms. The summed E-state index contributed by atoms with van der Waals surface area (Å²) in [5.41, 5.74) is 2.94. The first kappa shape index (κ1) is 17.4. The fourth-order valence-electron chi connectivity index (χ4n) is 2.87. The molecule has 0 aliphatic heterocycles. The van der Waals surface area contributed by atoms with Gasteiger partial charge in [0.2, 0.25) is 0 Å². The SMILES string of the molecule is COC(=O)c1c(CSc2ccccc2O)n(C)c2ccc(CO)cc12. The molecular weight excluding hydrogens is 338 g/mol. The van der Waals surface area contributed by atoms with Gasteiger partial charge in [-0.1, -0.05) is 18.2 Å². The van der Waals surface area contributed by atoms with Crippen molar-refractivity contribution in [3.63, 3.8) is 0 Å². The summed E-state index contributed by atoms with van der Waals surface area (Å²) < 4.78 is 6.93. The molecule has 130 valence electrons. The van der Waals surface area contributed by atoms with Crippen LogP contribution in [0.3, 0.4) is 0 Å². The number of aromatic nitrogens is 1. The van der Waals surface area contributed by atoms with Gasteiger partial charge in [0.1, 0.15) is 5.75 Å². The number of aliphatic hydroxyl groups excluding tert-OH is 1. The molecule has 2 aromatic carbocycles. The molecule has 2 N–H and O–H groups in total. The van der Waals surface area contributed by atoms with Gasteiger partial charge in [-0.05, 0) is 29.8 Å². The predicted molar refractivity (Wildman–Crippen MR) is 97.8 cm³/mol. The topological polar surface area (TPSA) is 71.7 Å². The van der Waals surface area contributed by atoms with Crippen LogP contribution in [0.1, 0.15) is 21.6 Å². The predicted octanol–water partition coefficient (Wildman–Crippen LogP) is 3.46. The first-order chi connectivity index (χ1) is 12.1. The van der Waals surface area contributed by atoms with Gasteiger partial charge in [-0.25, -0.2) is 4.79 Å². The van der Waals surface area contributed by atoms with Crippen LogP contribution in [-0.4, -0.2) is 27.9 Å². The number of phenolic OH excluding ortho intramolecular Hbond substituents is 1. The van der Waals surface area contributed by atoms with Crippen LogP contribution in [0.4, 0.5) is 0 Å². The number of benzene rings is 2. The molecule has 0 saturated carbocycles. The Morgan fingerprint density at radius 1 is 1.24 bits per heavy atom. The number of fused-ring (bicyclic) bond motifs is 1. The lowest BCUT2D eigenvalue weighted by atomic mass is 10.1. The Labute approximate surface area is 149 Å².